The molecule has 0 aliphatic rings. The van der Waals surface area contributed by atoms with E-state index in [0.717, 1.165) is 11.2 Å². The largest absolute Gasteiger partial charge is 0.493 e. The van der Waals surface area contributed by atoms with Crippen molar-refractivity contribution in [1.29, 1.82) is 0 Å². The average molecular weight is 327 g/mol. The molecule has 0 saturated carbocycles. The zero-order chi connectivity index (χ0) is 17.3. The first-order valence-corrected chi connectivity index (χ1v) is 7.82. The monoisotopic (exact) mass is 327 g/mol. The van der Waals surface area contributed by atoms with E-state index in [1.54, 1.807) is 43.3 Å². The summed E-state index contributed by atoms with van der Waals surface area (Å²) in [7, 11) is 3.15. The van der Waals surface area contributed by atoms with E-state index in [1.807, 2.05) is 12.3 Å². The number of nitrogens with zero attached hydrogens (tertiary/aromatic N) is 3. The summed E-state index contributed by atoms with van der Waals surface area (Å²) < 4.78 is 14.4. The predicted octanol–water partition coefficient (Wildman–Crippen LogP) is 2.84. The molecule has 0 amide bonds. The summed E-state index contributed by atoms with van der Waals surface area (Å²) in [6, 6.07) is 5.69. The highest BCUT2D eigenvalue weighted by Crippen LogP contribution is 2.33. The fourth-order valence-electron chi connectivity index (χ4n) is 2.90. The van der Waals surface area contributed by atoms with Crippen molar-refractivity contribution in [3.63, 3.8) is 0 Å². The summed E-state index contributed by atoms with van der Waals surface area (Å²) in [6.07, 6.45) is 5.46. The van der Waals surface area contributed by atoms with Crippen LogP contribution in [0.25, 0.3) is 10.8 Å². The molecule has 0 aliphatic heterocycles. The molecule has 0 atom stereocenters. The Kier molecular flexibility index (Phi) is 4.29. The Morgan fingerprint density at radius 3 is 2.54 bits per heavy atom. The summed E-state index contributed by atoms with van der Waals surface area (Å²) in [6.45, 7) is 4.60. The summed E-state index contributed by atoms with van der Waals surface area (Å²) in [5, 5.41) is 1.34. The van der Waals surface area contributed by atoms with Crippen LogP contribution in [0.2, 0.25) is 0 Å². The zero-order valence-corrected chi connectivity index (χ0v) is 14.3. The molecule has 0 N–H and O–H groups in total. The van der Waals surface area contributed by atoms with Crippen LogP contribution >= 0.6 is 0 Å². The van der Waals surface area contributed by atoms with Gasteiger partial charge in [0.15, 0.2) is 11.5 Å². The zero-order valence-electron chi connectivity index (χ0n) is 14.3. The van der Waals surface area contributed by atoms with E-state index < -0.39 is 0 Å². The van der Waals surface area contributed by atoms with Crippen molar-refractivity contribution >= 4 is 10.8 Å². The number of hydrogen-bond acceptors (Lipinski definition) is 4. The Morgan fingerprint density at radius 2 is 1.88 bits per heavy atom. The molecule has 0 saturated heterocycles. The minimum Gasteiger partial charge on any atom is -0.493 e. The van der Waals surface area contributed by atoms with E-state index in [1.165, 1.54) is 0 Å². The van der Waals surface area contributed by atoms with Crippen LogP contribution < -0.4 is 15.0 Å². The fourth-order valence-corrected chi connectivity index (χ4v) is 2.90. The van der Waals surface area contributed by atoms with Crippen LogP contribution in [-0.4, -0.2) is 28.3 Å². The van der Waals surface area contributed by atoms with Crippen LogP contribution in [0.1, 0.15) is 25.7 Å². The number of methoxy groups -OCH3 is 2. The van der Waals surface area contributed by atoms with Gasteiger partial charge in [-0.25, -0.2) is 4.98 Å². The van der Waals surface area contributed by atoms with Gasteiger partial charge in [-0.3, -0.25) is 4.79 Å². The van der Waals surface area contributed by atoms with Gasteiger partial charge < -0.3 is 18.6 Å². The van der Waals surface area contributed by atoms with Crippen LogP contribution in [0.15, 0.2) is 41.6 Å². The number of hydrogen-bond donors (Lipinski definition) is 0. The number of aromatic nitrogens is 3. The Bertz CT molecular complexity index is 925. The molecule has 0 radical (unpaired) electrons. The van der Waals surface area contributed by atoms with Gasteiger partial charge in [0, 0.05) is 30.0 Å². The van der Waals surface area contributed by atoms with Gasteiger partial charge >= 0.3 is 0 Å². The molecular weight excluding hydrogens is 306 g/mol. The quantitative estimate of drug-likeness (QED) is 0.723. The first-order valence-electron chi connectivity index (χ1n) is 7.82. The molecule has 6 nitrogen and oxygen atoms in total. The molecular formula is C18H21N3O3. The lowest BCUT2D eigenvalue weighted by molar-refractivity contribution is 0.358. The van der Waals surface area contributed by atoms with E-state index in [0.29, 0.717) is 29.5 Å². The van der Waals surface area contributed by atoms with Gasteiger partial charge in [0.05, 0.1) is 26.2 Å². The van der Waals surface area contributed by atoms with Gasteiger partial charge in [-0.2, -0.15) is 0 Å². The smallest absolute Gasteiger partial charge is 0.258 e. The Labute approximate surface area is 140 Å². The van der Waals surface area contributed by atoms with E-state index in [9.17, 15) is 4.79 Å². The summed E-state index contributed by atoms with van der Waals surface area (Å²) >= 11 is 0. The number of ether oxygens (including phenoxy) is 2. The molecule has 0 unspecified atom stereocenters. The van der Waals surface area contributed by atoms with Gasteiger partial charge in [0.2, 0.25) is 0 Å². The molecule has 0 aliphatic carbocycles. The van der Waals surface area contributed by atoms with Gasteiger partial charge in [0.25, 0.3) is 5.56 Å². The number of pyridine rings is 1. The summed E-state index contributed by atoms with van der Waals surface area (Å²) in [4.78, 5) is 17.2. The molecule has 3 rings (SSSR count). The number of imidazole rings is 1. The molecule has 6 heteroatoms. The van der Waals surface area contributed by atoms with E-state index >= 15 is 0 Å². The standard InChI is InChI=1S/C18H21N3O3/c1-12(2)21-10-8-19-16(21)11-20-9-7-13-14(18(20)22)5-6-15(23-3)17(13)24-4/h5-10,12H,11H2,1-4H3. The minimum atomic E-state index is -0.0771. The molecule has 1 aromatic carbocycles. The maximum atomic E-state index is 12.8. The van der Waals surface area contributed by atoms with Crippen molar-refractivity contribution < 1.29 is 9.47 Å². The third kappa shape index (κ3) is 2.64. The molecule has 0 fully saturated rings. The molecule has 24 heavy (non-hydrogen) atoms. The highest BCUT2D eigenvalue weighted by atomic mass is 16.5. The maximum absolute atomic E-state index is 12.8. The lowest BCUT2D eigenvalue weighted by atomic mass is 10.1. The Morgan fingerprint density at radius 1 is 1.08 bits per heavy atom. The van der Waals surface area contributed by atoms with E-state index in [-0.39, 0.29) is 5.56 Å². The summed E-state index contributed by atoms with van der Waals surface area (Å²) in [5.74, 6) is 2.03. The second-order valence-corrected chi connectivity index (χ2v) is 5.86. The fraction of sp³-hybridized carbons (Fsp3) is 0.333. The van der Waals surface area contributed by atoms with Crippen LogP contribution in [0.4, 0.5) is 0 Å². The van der Waals surface area contributed by atoms with Crippen molar-refractivity contribution in [3.05, 3.63) is 53.0 Å². The van der Waals surface area contributed by atoms with Crippen LogP contribution in [0.5, 0.6) is 11.5 Å². The van der Waals surface area contributed by atoms with Crippen molar-refractivity contribution in [2.24, 2.45) is 0 Å². The van der Waals surface area contributed by atoms with E-state index in [2.05, 4.69) is 23.4 Å². The maximum Gasteiger partial charge on any atom is 0.258 e. The second kappa shape index (κ2) is 6.39. The first-order chi connectivity index (χ1) is 11.6. The molecule has 0 spiro atoms. The Hall–Kier alpha value is -2.76. The SMILES string of the molecule is COc1ccc2c(=O)n(Cc3nccn3C(C)C)ccc2c1OC. The normalized spacial score (nSPS) is 11.2. The molecule has 126 valence electrons. The van der Waals surface area contributed by atoms with Crippen molar-refractivity contribution in [3.8, 4) is 11.5 Å². The van der Waals surface area contributed by atoms with Gasteiger partial charge in [0.1, 0.15) is 5.82 Å². The summed E-state index contributed by atoms with van der Waals surface area (Å²) in [5.41, 5.74) is -0.0771. The lowest BCUT2D eigenvalue weighted by Gasteiger charge is -2.14. The van der Waals surface area contributed by atoms with Crippen molar-refractivity contribution in [2.45, 2.75) is 26.4 Å². The second-order valence-electron chi connectivity index (χ2n) is 5.86. The third-order valence-corrected chi connectivity index (χ3v) is 4.11. The average Bonchev–Trinajstić information content (AvgIpc) is 3.04. The molecule has 3 aromatic rings. The van der Waals surface area contributed by atoms with Crippen LogP contribution in [-0.2, 0) is 6.54 Å². The Balaban J connectivity index is 2.10. The van der Waals surface area contributed by atoms with Crippen LogP contribution in [0, 0.1) is 0 Å². The third-order valence-electron chi connectivity index (χ3n) is 4.11. The number of fused-ring (bicyclic) bond motifs is 1. The van der Waals surface area contributed by atoms with E-state index in [4.69, 9.17) is 9.47 Å². The molecule has 0 bridgehead atoms. The van der Waals surface area contributed by atoms with Crippen molar-refractivity contribution in [1.82, 2.24) is 14.1 Å². The highest BCUT2D eigenvalue weighted by molar-refractivity contribution is 5.90. The topological polar surface area (TPSA) is 58.3 Å². The van der Waals surface area contributed by atoms with Gasteiger partial charge in [-0.05, 0) is 32.0 Å². The molecule has 2 heterocycles. The first kappa shape index (κ1) is 16.1. The molecule has 2 aromatic heterocycles. The minimum absolute atomic E-state index is 0.0771. The van der Waals surface area contributed by atoms with Gasteiger partial charge in [-0.1, -0.05) is 0 Å². The number of rotatable bonds is 5. The van der Waals surface area contributed by atoms with Gasteiger partial charge in [-0.15, -0.1) is 0 Å². The predicted molar refractivity (Wildman–Crippen MR) is 93.0 cm³/mol. The van der Waals surface area contributed by atoms with Crippen LogP contribution in [0.3, 0.4) is 0 Å². The highest BCUT2D eigenvalue weighted by Gasteiger charge is 2.14. The number of benzene rings is 1. The van der Waals surface area contributed by atoms with Crippen molar-refractivity contribution in [2.75, 3.05) is 14.2 Å². The lowest BCUT2D eigenvalue weighted by Crippen LogP contribution is -2.22.